The molecule has 0 spiro atoms. The summed E-state index contributed by atoms with van der Waals surface area (Å²) in [5, 5.41) is 4.94. The largest absolute Gasteiger partial charge is 0.324 e. The third kappa shape index (κ3) is 2.80. The highest BCUT2D eigenvalue weighted by atomic mass is 35.5. The van der Waals surface area contributed by atoms with Crippen LogP contribution in [0.3, 0.4) is 0 Å². The first-order chi connectivity index (χ1) is 5.83. The lowest BCUT2D eigenvalue weighted by molar-refractivity contribution is 0.253. The van der Waals surface area contributed by atoms with Gasteiger partial charge in [-0.3, -0.25) is 0 Å². The van der Waals surface area contributed by atoms with Crippen molar-refractivity contribution in [3.05, 3.63) is 30.3 Å². The molecule has 12 heavy (non-hydrogen) atoms. The van der Waals surface area contributed by atoms with Crippen LogP contribution < -0.4 is 10.6 Å². The Morgan fingerprint density at radius 3 is 3.00 bits per heavy atom. The minimum Gasteiger partial charge on any atom is -0.324 e. The van der Waals surface area contributed by atoms with Crippen LogP contribution in [0.4, 0.5) is 10.5 Å². The van der Waals surface area contributed by atoms with E-state index in [2.05, 4.69) is 16.7 Å². The number of rotatable bonds is 2. The van der Waals surface area contributed by atoms with Gasteiger partial charge in [0.2, 0.25) is 0 Å². The van der Waals surface area contributed by atoms with Crippen LogP contribution in [-0.4, -0.2) is 12.0 Å². The molecule has 1 radical (unpaired) electrons. The minimum atomic E-state index is -0.326. The van der Waals surface area contributed by atoms with Crippen molar-refractivity contribution in [3.8, 4) is 0 Å². The van der Waals surface area contributed by atoms with E-state index >= 15 is 0 Å². The molecule has 1 rings (SSSR count). The van der Waals surface area contributed by atoms with Crippen molar-refractivity contribution in [2.24, 2.45) is 0 Å². The van der Waals surface area contributed by atoms with Crippen molar-refractivity contribution in [1.29, 1.82) is 0 Å². The zero-order chi connectivity index (χ0) is 8.81. The zero-order valence-corrected chi connectivity index (χ0v) is 7.06. The summed E-state index contributed by atoms with van der Waals surface area (Å²) >= 11 is 5.28. The number of hydrogen-bond acceptors (Lipinski definition) is 1. The topological polar surface area (TPSA) is 41.1 Å². The zero-order valence-electron chi connectivity index (χ0n) is 6.30. The Bertz CT molecular complexity index is 250. The fourth-order valence-corrected chi connectivity index (χ4v) is 0.820. The van der Waals surface area contributed by atoms with Gasteiger partial charge in [-0.1, -0.05) is 18.2 Å². The molecule has 0 atom stereocenters. The number of urea groups is 1. The Morgan fingerprint density at radius 1 is 1.58 bits per heavy atom. The van der Waals surface area contributed by atoms with Gasteiger partial charge in [0.1, 0.15) is 0 Å². The Balaban J connectivity index is 2.47. The van der Waals surface area contributed by atoms with Crippen LogP contribution in [0, 0.1) is 6.07 Å². The molecule has 1 aromatic rings. The van der Waals surface area contributed by atoms with E-state index in [0.717, 1.165) is 0 Å². The molecule has 4 heteroatoms. The molecule has 0 saturated carbocycles. The van der Waals surface area contributed by atoms with E-state index in [-0.39, 0.29) is 12.0 Å². The number of amides is 2. The van der Waals surface area contributed by atoms with Crippen LogP contribution in [-0.2, 0) is 0 Å². The lowest BCUT2D eigenvalue weighted by Crippen LogP contribution is -2.27. The highest BCUT2D eigenvalue weighted by Crippen LogP contribution is 2.02. The number of hydrogen-bond donors (Lipinski definition) is 2. The fraction of sp³-hybridized carbons (Fsp3) is 0.125. The quantitative estimate of drug-likeness (QED) is 0.533. The first-order valence-electron chi connectivity index (χ1n) is 3.40. The normalized spacial score (nSPS) is 9.08. The molecular formula is C8H8ClN2O. The molecule has 1 aromatic carbocycles. The van der Waals surface area contributed by atoms with Gasteiger partial charge < -0.3 is 10.6 Å². The molecule has 0 aliphatic carbocycles. The van der Waals surface area contributed by atoms with Crippen LogP contribution >= 0.6 is 11.6 Å². The summed E-state index contributed by atoms with van der Waals surface area (Å²) in [4.78, 5) is 10.9. The number of carbonyl (C=O) groups excluding carboxylic acids is 1. The van der Waals surface area contributed by atoms with Gasteiger partial charge >= 0.3 is 6.03 Å². The van der Waals surface area contributed by atoms with Gasteiger partial charge in [-0.2, -0.15) is 0 Å². The van der Waals surface area contributed by atoms with Gasteiger partial charge in [-0.15, -0.1) is 11.6 Å². The second-order valence-corrected chi connectivity index (χ2v) is 2.31. The Morgan fingerprint density at radius 2 is 2.42 bits per heavy atom. The van der Waals surface area contributed by atoms with Crippen LogP contribution in [0.25, 0.3) is 0 Å². The van der Waals surface area contributed by atoms with Crippen LogP contribution in [0.1, 0.15) is 0 Å². The monoisotopic (exact) mass is 183 g/mol. The standard InChI is InChI=1S/C8H8ClN2O/c9-6-10-8(12)11-7-4-2-1-3-5-7/h1-4H,6H2,(H2,10,11,12). The predicted molar refractivity (Wildman–Crippen MR) is 48.2 cm³/mol. The molecule has 63 valence electrons. The van der Waals surface area contributed by atoms with Gasteiger partial charge in [-0.25, -0.2) is 4.79 Å². The van der Waals surface area contributed by atoms with Gasteiger partial charge in [0.25, 0.3) is 0 Å². The summed E-state index contributed by atoms with van der Waals surface area (Å²) in [5.41, 5.74) is 0.625. The predicted octanol–water partition coefficient (Wildman–Crippen LogP) is 1.80. The van der Waals surface area contributed by atoms with E-state index in [1.54, 1.807) is 12.1 Å². The van der Waals surface area contributed by atoms with Gasteiger partial charge in [0, 0.05) is 6.07 Å². The lowest BCUT2D eigenvalue weighted by atomic mass is 10.3. The average molecular weight is 184 g/mol. The molecule has 0 heterocycles. The highest BCUT2D eigenvalue weighted by molar-refractivity contribution is 6.18. The average Bonchev–Trinajstić information content (AvgIpc) is 2.06. The van der Waals surface area contributed by atoms with Crippen molar-refractivity contribution in [2.45, 2.75) is 0 Å². The number of halogens is 1. The summed E-state index contributed by atoms with van der Waals surface area (Å²) in [7, 11) is 0. The number of nitrogens with one attached hydrogen (secondary N) is 2. The van der Waals surface area contributed by atoms with Crippen LogP contribution in [0.2, 0.25) is 0 Å². The summed E-state index contributed by atoms with van der Waals surface area (Å²) in [6, 6.07) is 9.71. The first-order valence-corrected chi connectivity index (χ1v) is 3.94. The molecule has 0 unspecified atom stereocenters. The maximum Gasteiger partial charge on any atom is 0.320 e. The molecule has 3 nitrogen and oxygen atoms in total. The van der Waals surface area contributed by atoms with Crippen LogP contribution in [0.5, 0.6) is 0 Å². The summed E-state index contributed by atoms with van der Waals surface area (Å²) in [6.45, 7) is 0. The van der Waals surface area contributed by atoms with E-state index < -0.39 is 0 Å². The third-order valence-corrected chi connectivity index (χ3v) is 1.32. The maximum absolute atomic E-state index is 10.9. The molecule has 0 aliphatic rings. The van der Waals surface area contributed by atoms with E-state index in [1.165, 1.54) is 0 Å². The second kappa shape index (κ2) is 4.62. The first kappa shape index (κ1) is 8.87. The second-order valence-electron chi connectivity index (χ2n) is 2.04. The molecule has 2 N–H and O–H groups in total. The summed E-state index contributed by atoms with van der Waals surface area (Å²) in [5.74, 6) is 0. The fourth-order valence-electron chi connectivity index (χ4n) is 0.698. The van der Waals surface area contributed by atoms with Gasteiger partial charge in [0.15, 0.2) is 0 Å². The smallest absolute Gasteiger partial charge is 0.320 e. The Kier molecular flexibility index (Phi) is 3.41. The highest BCUT2D eigenvalue weighted by Gasteiger charge is 1.97. The van der Waals surface area contributed by atoms with Crippen molar-refractivity contribution < 1.29 is 4.79 Å². The Labute approximate surface area is 75.7 Å². The van der Waals surface area contributed by atoms with E-state index in [1.807, 2.05) is 12.1 Å². The van der Waals surface area contributed by atoms with Crippen molar-refractivity contribution in [2.75, 3.05) is 11.3 Å². The molecule has 2 amide bonds. The van der Waals surface area contributed by atoms with Crippen LogP contribution in [0.15, 0.2) is 24.3 Å². The maximum atomic E-state index is 10.9. The van der Waals surface area contributed by atoms with Crippen molar-refractivity contribution in [1.82, 2.24) is 5.32 Å². The molecule has 0 aliphatic heterocycles. The van der Waals surface area contributed by atoms with Gasteiger partial charge in [0.05, 0.1) is 11.7 Å². The van der Waals surface area contributed by atoms with Gasteiger partial charge in [-0.05, 0) is 6.07 Å². The molecule has 0 saturated heterocycles. The minimum absolute atomic E-state index is 0.0959. The SMILES string of the molecule is O=C(NCCl)Nc1[c]cccc1. The summed E-state index contributed by atoms with van der Waals surface area (Å²) < 4.78 is 0. The number of carbonyl (C=O) groups is 1. The number of alkyl halides is 1. The summed E-state index contributed by atoms with van der Waals surface area (Å²) in [6.07, 6.45) is 0. The number of benzene rings is 1. The molecular weight excluding hydrogens is 176 g/mol. The number of para-hydroxylation sites is 1. The molecule has 0 aromatic heterocycles. The van der Waals surface area contributed by atoms with E-state index in [9.17, 15) is 4.79 Å². The van der Waals surface area contributed by atoms with E-state index in [4.69, 9.17) is 11.6 Å². The van der Waals surface area contributed by atoms with E-state index in [0.29, 0.717) is 5.69 Å². The molecule has 0 fully saturated rings. The lowest BCUT2D eigenvalue weighted by Gasteiger charge is -2.03. The van der Waals surface area contributed by atoms with Crippen molar-refractivity contribution in [3.63, 3.8) is 0 Å². The molecule has 0 bridgehead atoms. The third-order valence-electron chi connectivity index (χ3n) is 1.18. The van der Waals surface area contributed by atoms with Crippen molar-refractivity contribution >= 4 is 23.3 Å². The Hall–Kier alpha value is -1.22. The number of anilines is 1.